The molecular formula is C32H22N2S. The van der Waals surface area contributed by atoms with E-state index in [1.807, 2.05) is 5.51 Å². The van der Waals surface area contributed by atoms with E-state index in [0.29, 0.717) is 0 Å². The normalized spacial score (nSPS) is 14.2. The van der Waals surface area contributed by atoms with Crippen molar-refractivity contribution in [3.63, 3.8) is 0 Å². The van der Waals surface area contributed by atoms with E-state index in [1.165, 1.54) is 59.5 Å². The van der Waals surface area contributed by atoms with Crippen LogP contribution in [0.5, 0.6) is 0 Å². The molecule has 0 saturated heterocycles. The molecule has 1 aliphatic rings. The van der Waals surface area contributed by atoms with Crippen LogP contribution >= 0.6 is 11.3 Å². The van der Waals surface area contributed by atoms with E-state index < -0.39 is 0 Å². The molecule has 0 unspecified atom stereocenters. The summed E-state index contributed by atoms with van der Waals surface area (Å²) < 4.78 is 3.65. The summed E-state index contributed by atoms with van der Waals surface area (Å²) in [5, 5.41) is 5.15. The van der Waals surface area contributed by atoms with Crippen LogP contribution in [-0.4, -0.2) is 9.55 Å². The Kier molecular flexibility index (Phi) is 3.64. The summed E-state index contributed by atoms with van der Waals surface area (Å²) in [4.78, 5) is 4.61. The molecule has 0 fully saturated rings. The summed E-state index contributed by atoms with van der Waals surface area (Å²) in [6, 6.07) is 33.8. The smallest absolute Gasteiger partial charge is 0.0832 e. The summed E-state index contributed by atoms with van der Waals surface area (Å²) in [7, 11) is 0. The van der Waals surface area contributed by atoms with Gasteiger partial charge in [-0.05, 0) is 64.0 Å². The van der Waals surface area contributed by atoms with Gasteiger partial charge in [-0.3, -0.25) is 0 Å². The summed E-state index contributed by atoms with van der Waals surface area (Å²) in [5.41, 5.74) is 12.2. The van der Waals surface area contributed by atoms with E-state index in [-0.39, 0.29) is 5.41 Å². The van der Waals surface area contributed by atoms with Crippen molar-refractivity contribution in [2.24, 2.45) is 0 Å². The third-order valence-corrected chi connectivity index (χ3v) is 8.73. The van der Waals surface area contributed by atoms with E-state index in [1.54, 1.807) is 11.3 Å². The second-order valence-electron chi connectivity index (χ2n) is 10.1. The minimum Gasteiger partial charge on any atom is -0.309 e. The van der Waals surface area contributed by atoms with E-state index in [0.717, 1.165) is 11.2 Å². The summed E-state index contributed by atoms with van der Waals surface area (Å²) >= 11 is 1.69. The van der Waals surface area contributed by atoms with Crippen LogP contribution in [0, 0.1) is 0 Å². The number of nitrogens with zero attached hydrogens (tertiary/aromatic N) is 2. The maximum Gasteiger partial charge on any atom is 0.0832 e. The van der Waals surface area contributed by atoms with Crippen molar-refractivity contribution in [2.45, 2.75) is 19.3 Å². The molecule has 0 N–H and O–H groups in total. The number of thiazole rings is 1. The summed E-state index contributed by atoms with van der Waals surface area (Å²) in [6.45, 7) is 4.70. The molecule has 8 rings (SSSR count). The van der Waals surface area contributed by atoms with Gasteiger partial charge in [0.2, 0.25) is 0 Å². The standard InChI is InChI=1S/C32H22N2S/c1-32(2)26-9-5-3-7-21(26)25-17-24-19(15-27(25)32)11-13-23-22-8-4-6-10-29(22)34(31(23)24)20-12-14-30-28(16-20)33-18-35-30/h3-18H,1-2H3. The lowest BCUT2D eigenvalue weighted by Crippen LogP contribution is -2.14. The van der Waals surface area contributed by atoms with Crippen LogP contribution in [0.25, 0.3) is 59.6 Å². The highest BCUT2D eigenvalue weighted by molar-refractivity contribution is 7.16. The molecule has 0 aliphatic heterocycles. The number of benzene rings is 5. The predicted octanol–water partition coefficient (Wildman–Crippen LogP) is 8.85. The first kappa shape index (κ1) is 19.4. The lowest BCUT2D eigenvalue weighted by atomic mass is 9.82. The minimum absolute atomic E-state index is 0.00254. The predicted molar refractivity (Wildman–Crippen MR) is 149 cm³/mol. The summed E-state index contributed by atoms with van der Waals surface area (Å²) in [5.74, 6) is 0. The third-order valence-electron chi connectivity index (χ3n) is 7.92. The molecule has 2 aromatic heterocycles. The van der Waals surface area contributed by atoms with E-state index in [4.69, 9.17) is 0 Å². The molecule has 2 heterocycles. The van der Waals surface area contributed by atoms with Gasteiger partial charge in [0, 0.05) is 27.3 Å². The summed E-state index contributed by atoms with van der Waals surface area (Å²) in [6.07, 6.45) is 0. The molecular weight excluding hydrogens is 444 g/mol. The number of rotatable bonds is 1. The first-order chi connectivity index (χ1) is 17.1. The lowest BCUT2D eigenvalue weighted by Gasteiger charge is -2.21. The maximum absolute atomic E-state index is 4.61. The molecule has 1 aliphatic carbocycles. The average molecular weight is 467 g/mol. The first-order valence-electron chi connectivity index (χ1n) is 12.1. The van der Waals surface area contributed by atoms with Crippen molar-refractivity contribution < 1.29 is 0 Å². The van der Waals surface area contributed by atoms with Gasteiger partial charge in [-0.15, -0.1) is 11.3 Å². The van der Waals surface area contributed by atoms with Crippen LogP contribution in [0.1, 0.15) is 25.0 Å². The Morgan fingerprint density at radius 2 is 1.57 bits per heavy atom. The zero-order valence-electron chi connectivity index (χ0n) is 19.5. The molecule has 7 aromatic rings. The Labute approximate surface area is 207 Å². The zero-order chi connectivity index (χ0) is 23.3. The van der Waals surface area contributed by atoms with Crippen molar-refractivity contribution in [3.8, 4) is 16.8 Å². The molecule has 0 saturated carbocycles. The number of fused-ring (bicyclic) bond motifs is 9. The Hall–Kier alpha value is -3.95. The highest BCUT2D eigenvalue weighted by Crippen LogP contribution is 2.50. The highest BCUT2D eigenvalue weighted by Gasteiger charge is 2.35. The van der Waals surface area contributed by atoms with Gasteiger partial charge in [-0.25, -0.2) is 4.98 Å². The molecule has 35 heavy (non-hydrogen) atoms. The van der Waals surface area contributed by atoms with Crippen LogP contribution in [-0.2, 0) is 5.41 Å². The van der Waals surface area contributed by atoms with Crippen LogP contribution in [0.2, 0.25) is 0 Å². The van der Waals surface area contributed by atoms with Gasteiger partial charge in [0.1, 0.15) is 0 Å². The van der Waals surface area contributed by atoms with E-state index in [9.17, 15) is 0 Å². The number of aromatic nitrogens is 2. The molecule has 166 valence electrons. The molecule has 0 radical (unpaired) electrons. The maximum atomic E-state index is 4.61. The monoisotopic (exact) mass is 466 g/mol. The van der Waals surface area contributed by atoms with Crippen molar-refractivity contribution in [3.05, 3.63) is 108 Å². The van der Waals surface area contributed by atoms with Gasteiger partial charge in [0.25, 0.3) is 0 Å². The van der Waals surface area contributed by atoms with Gasteiger partial charge in [0.15, 0.2) is 0 Å². The second kappa shape index (κ2) is 6.59. The van der Waals surface area contributed by atoms with Crippen molar-refractivity contribution >= 4 is 54.1 Å². The number of hydrogen-bond acceptors (Lipinski definition) is 2. The van der Waals surface area contributed by atoms with Crippen LogP contribution in [0.3, 0.4) is 0 Å². The molecule has 0 atom stereocenters. The molecule has 2 nitrogen and oxygen atoms in total. The molecule has 5 aromatic carbocycles. The number of para-hydroxylation sites is 1. The van der Waals surface area contributed by atoms with Crippen molar-refractivity contribution in [2.75, 3.05) is 0 Å². The van der Waals surface area contributed by atoms with Gasteiger partial charge in [0.05, 0.1) is 26.8 Å². The molecule has 3 heteroatoms. The van der Waals surface area contributed by atoms with Gasteiger partial charge >= 0.3 is 0 Å². The van der Waals surface area contributed by atoms with Crippen LogP contribution in [0.15, 0.2) is 96.5 Å². The van der Waals surface area contributed by atoms with Crippen molar-refractivity contribution in [1.29, 1.82) is 0 Å². The van der Waals surface area contributed by atoms with Gasteiger partial charge in [-0.1, -0.05) is 68.4 Å². The fraction of sp³-hybridized carbons (Fsp3) is 0.0938. The molecule has 0 bridgehead atoms. The average Bonchev–Trinajstić information content (AvgIpc) is 3.55. The lowest BCUT2D eigenvalue weighted by molar-refractivity contribution is 0.661. The zero-order valence-corrected chi connectivity index (χ0v) is 20.4. The first-order valence-corrected chi connectivity index (χ1v) is 12.9. The second-order valence-corrected chi connectivity index (χ2v) is 11.0. The van der Waals surface area contributed by atoms with Crippen molar-refractivity contribution in [1.82, 2.24) is 9.55 Å². The Morgan fingerprint density at radius 1 is 0.714 bits per heavy atom. The van der Waals surface area contributed by atoms with E-state index in [2.05, 4.69) is 114 Å². The minimum atomic E-state index is -0.00254. The van der Waals surface area contributed by atoms with Gasteiger partial charge < -0.3 is 4.57 Å². The highest BCUT2D eigenvalue weighted by atomic mass is 32.1. The quantitative estimate of drug-likeness (QED) is 0.236. The Morgan fingerprint density at radius 3 is 2.51 bits per heavy atom. The largest absolute Gasteiger partial charge is 0.309 e. The van der Waals surface area contributed by atoms with Crippen LogP contribution in [0.4, 0.5) is 0 Å². The molecule has 0 amide bonds. The Bertz CT molecular complexity index is 1990. The SMILES string of the molecule is CC1(C)c2ccccc2-c2cc3c(ccc4c5ccccc5n(-c5ccc6scnc6c5)c34)cc21. The van der Waals surface area contributed by atoms with E-state index >= 15 is 0 Å². The molecule has 0 spiro atoms. The fourth-order valence-corrected chi connectivity index (χ4v) is 6.89. The van der Waals surface area contributed by atoms with Gasteiger partial charge in [-0.2, -0.15) is 0 Å². The fourth-order valence-electron chi connectivity index (χ4n) is 6.23. The third kappa shape index (κ3) is 2.46. The van der Waals surface area contributed by atoms with Crippen LogP contribution < -0.4 is 0 Å². The Balaban J connectivity index is 1.55. The topological polar surface area (TPSA) is 17.8 Å². The number of hydrogen-bond donors (Lipinski definition) is 0.